The zero-order valence-corrected chi connectivity index (χ0v) is 23.2. The van der Waals surface area contributed by atoms with Crippen molar-refractivity contribution < 1.29 is 23.8 Å². The molecule has 2 amide bonds. The van der Waals surface area contributed by atoms with Crippen molar-refractivity contribution in [3.8, 4) is 28.4 Å². The molecule has 0 aliphatic carbocycles. The molecule has 0 atom stereocenters. The highest BCUT2D eigenvalue weighted by atomic mass is 16.5. The van der Waals surface area contributed by atoms with Crippen molar-refractivity contribution in [3.63, 3.8) is 0 Å². The predicted octanol–water partition coefficient (Wildman–Crippen LogP) is 5.90. The lowest BCUT2D eigenvalue weighted by atomic mass is 9.90. The molecule has 3 aromatic carbocycles. The predicted molar refractivity (Wildman–Crippen MR) is 148 cm³/mol. The molecule has 0 saturated heterocycles. The van der Waals surface area contributed by atoms with Gasteiger partial charge in [0.2, 0.25) is 0 Å². The van der Waals surface area contributed by atoms with E-state index in [1.165, 1.54) is 10.6 Å². The standard InChI is InChI=1S/C31H36N2O5/c1-19-22(14-15-26-23(19)13-10-16-38-26)24-11-8-9-12-25(24)29(34)32-33(31(3,4)5)30(35)21-17-27(36-6)20(2)28(18-21)37-7/h8-9,11-12,14-15,17-18H,10,13,16H2,1-7H3,(H,32,34). The van der Waals surface area contributed by atoms with Gasteiger partial charge in [-0.25, -0.2) is 5.01 Å². The summed E-state index contributed by atoms with van der Waals surface area (Å²) in [6.07, 6.45) is 1.91. The number of hydrogen-bond donors (Lipinski definition) is 1. The van der Waals surface area contributed by atoms with E-state index in [0.29, 0.717) is 22.6 Å². The van der Waals surface area contributed by atoms with Crippen LogP contribution in [0.5, 0.6) is 17.2 Å². The first kappa shape index (κ1) is 27.0. The van der Waals surface area contributed by atoms with Crippen LogP contribution >= 0.6 is 0 Å². The van der Waals surface area contributed by atoms with E-state index in [1.807, 2.05) is 58.0 Å². The number of carbonyl (C=O) groups excluding carboxylic acids is 2. The van der Waals surface area contributed by atoms with Crippen molar-refractivity contribution in [2.24, 2.45) is 0 Å². The minimum Gasteiger partial charge on any atom is -0.496 e. The first-order chi connectivity index (χ1) is 18.1. The maximum absolute atomic E-state index is 13.8. The van der Waals surface area contributed by atoms with Gasteiger partial charge >= 0.3 is 0 Å². The zero-order valence-electron chi connectivity index (χ0n) is 23.2. The fourth-order valence-corrected chi connectivity index (χ4v) is 4.84. The number of nitrogens with zero attached hydrogens (tertiary/aromatic N) is 1. The topological polar surface area (TPSA) is 77.1 Å². The number of hydrogen-bond acceptors (Lipinski definition) is 5. The highest BCUT2D eigenvalue weighted by Gasteiger charge is 2.31. The van der Waals surface area contributed by atoms with Crippen LogP contribution in [-0.2, 0) is 6.42 Å². The minimum atomic E-state index is -0.716. The molecule has 1 heterocycles. The van der Waals surface area contributed by atoms with E-state index >= 15 is 0 Å². The molecule has 200 valence electrons. The minimum absolute atomic E-state index is 0.346. The molecule has 0 fully saturated rings. The number of nitrogens with one attached hydrogen (secondary N) is 1. The number of fused-ring (bicyclic) bond motifs is 1. The van der Waals surface area contributed by atoms with E-state index in [9.17, 15) is 9.59 Å². The fraction of sp³-hybridized carbons (Fsp3) is 0.355. The summed E-state index contributed by atoms with van der Waals surface area (Å²) >= 11 is 0. The van der Waals surface area contributed by atoms with Crippen LogP contribution < -0.4 is 19.6 Å². The van der Waals surface area contributed by atoms with Gasteiger partial charge in [0, 0.05) is 16.7 Å². The van der Waals surface area contributed by atoms with Gasteiger partial charge in [0.1, 0.15) is 17.2 Å². The molecule has 1 aliphatic rings. The average Bonchev–Trinajstić information content (AvgIpc) is 2.91. The van der Waals surface area contributed by atoms with E-state index in [-0.39, 0.29) is 11.8 Å². The van der Waals surface area contributed by atoms with Gasteiger partial charge in [-0.3, -0.25) is 15.0 Å². The monoisotopic (exact) mass is 516 g/mol. The Bertz CT molecular complexity index is 1350. The summed E-state index contributed by atoms with van der Waals surface area (Å²) in [5, 5.41) is 1.36. The van der Waals surface area contributed by atoms with E-state index in [1.54, 1.807) is 32.4 Å². The van der Waals surface area contributed by atoms with Gasteiger partial charge in [-0.1, -0.05) is 24.3 Å². The van der Waals surface area contributed by atoms with E-state index in [0.717, 1.165) is 47.5 Å². The molecule has 0 bridgehead atoms. The zero-order chi connectivity index (χ0) is 27.6. The average molecular weight is 517 g/mol. The summed E-state index contributed by atoms with van der Waals surface area (Å²) in [5.41, 5.74) is 7.85. The molecule has 7 nitrogen and oxygen atoms in total. The quantitative estimate of drug-likeness (QED) is 0.428. The lowest BCUT2D eigenvalue weighted by Crippen LogP contribution is -2.56. The largest absolute Gasteiger partial charge is 0.496 e. The molecule has 0 radical (unpaired) electrons. The molecule has 0 unspecified atom stereocenters. The van der Waals surface area contributed by atoms with Gasteiger partial charge in [0.05, 0.1) is 26.4 Å². The van der Waals surface area contributed by atoms with Crippen LogP contribution in [-0.4, -0.2) is 43.2 Å². The van der Waals surface area contributed by atoms with Crippen molar-refractivity contribution in [2.45, 2.75) is 53.0 Å². The second-order valence-electron chi connectivity index (χ2n) is 10.5. The number of methoxy groups -OCH3 is 2. The molecular formula is C31H36N2O5. The highest BCUT2D eigenvalue weighted by Crippen LogP contribution is 2.36. The number of ether oxygens (including phenoxy) is 3. The highest BCUT2D eigenvalue weighted by molar-refractivity contribution is 6.03. The van der Waals surface area contributed by atoms with Crippen LogP contribution in [0.4, 0.5) is 0 Å². The van der Waals surface area contributed by atoms with Crippen molar-refractivity contribution in [1.82, 2.24) is 10.4 Å². The van der Waals surface area contributed by atoms with E-state index < -0.39 is 5.54 Å². The Labute approximate surface area is 224 Å². The van der Waals surface area contributed by atoms with Gasteiger partial charge in [-0.15, -0.1) is 0 Å². The Morgan fingerprint density at radius 1 is 0.921 bits per heavy atom. The molecular weight excluding hydrogens is 480 g/mol. The van der Waals surface area contributed by atoms with Crippen LogP contribution in [0.2, 0.25) is 0 Å². The van der Waals surface area contributed by atoms with E-state index in [4.69, 9.17) is 14.2 Å². The van der Waals surface area contributed by atoms with Gasteiger partial charge in [0.15, 0.2) is 0 Å². The van der Waals surface area contributed by atoms with Crippen molar-refractivity contribution >= 4 is 11.8 Å². The van der Waals surface area contributed by atoms with Crippen molar-refractivity contribution in [1.29, 1.82) is 0 Å². The van der Waals surface area contributed by atoms with Crippen LogP contribution in [0.3, 0.4) is 0 Å². The van der Waals surface area contributed by atoms with Gasteiger partial charge in [-0.2, -0.15) is 0 Å². The third-order valence-corrected chi connectivity index (χ3v) is 6.93. The first-order valence-corrected chi connectivity index (χ1v) is 12.8. The van der Waals surface area contributed by atoms with E-state index in [2.05, 4.69) is 12.3 Å². The summed E-state index contributed by atoms with van der Waals surface area (Å²) in [4.78, 5) is 27.5. The van der Waals surface area contributed by atoms with Gasteiger partial charge in [-0.05, 0) is 94.0 Å². The molecule has 0 saturated carbocycles. The van der Waals surface area contributed by atoms with Gasteiger partial charge < -0.3 is 14.2 Å². The summed E-state index contributed by atoms with van der Waals surface area (Å²) < 4.78 is 16.8. The lowest BCUT2D eigenvalue weighted by molar-refractivity contribution is 0.0358. The summed E-state index contributed by atoms with van der Waals surface area (Å²) in [5.74, 6) is 1.23. The summed E-state index contributed by atoms with van der Waals surface area (Å²) in [6.45, 7) is 10.3. The number of benzene rings is 3. The first-order valence-electron chi connectivity index (χ1n) is 12.8. The normalized spacial score (nSPS) is 12.7. The Morgan fingerprint density at radius 3 is 2.21 bits per heavy atom. The second-order valence-corrected chi connectivity index (χ2v) is 10.5. The SMILES string of the molecule is COc1cc(C(=O)N(NC(=O)c2ccccc2-c2ccc3c(c2C)CCCO3)C(C)(C)C)cc(OC)c1C. The number of hydrazine groups is 1. The number of carbonyl (C=O) groups is 2. The Morgan fingerprint density at radius 2 is 1.58 bits per heavy atom. The molecule has 38 heavy (non-hydrogen) atoms. The summed E-state index contributed by atoms with van der Waals surface area (Å²) in [7, 11) is 3.09. The van der Waals surface area contributed by atoms with Crippen LogP contribution in [0.15, 0.2) is 48.5 Å². The maximum Gasteiger partial charge on any atom is 0.273 e. The Balaban J connectivity index is 1.71. The fourth-order valence-electron chi connectivity index (χ4n) is 4.84. The van der Waals surface area contributed by atoms with Gasteiger partial charge in [0.25, 0.3) is 11.8 Å². The molecule has 3 aromatic rings. The third-order valence-electron chi connectivity index (χ3n) is 6.93. The smallest absolute Gasteiger partial charge is 0.273 e. The summed E-state index contributed by atoms with van der Waals surface area (Å²) in [6, 6.07) is 14.8. The van der Waals surface area contributed by atoms with Crippen molar-refractivity contribution in [2.75, 3.05) is 20.8 Å². The van der Waals surface area contributed by atoms with Crippen LogP contribution in [0.1, 0.15) is 64.6 Å². The van der Waals surface area contributed by atoms with Crippen LogP contribution in [0.25, 0.3) is 11.1 Å². The lowest BCUT2D eigenvalue weighted by Gasteiger charge is -2.36. The molecule has 7 heteroatoms. The number of amides is 2. The second kappa shape index (κ2) is 10.8. The number of rotatable bonds is 5. The molecule has 1 N–H and O–H groups in total. The molecule has 0 aromatic heterocycles. The molecule has 1 aliphatic heterocycles. The Kier molecular flexibility index (Phi) is 7.67. The maximum atomic E-state index is 13.8. The molecule has 4 rings (SSSR count). The van der Waals surface area contributed by atoms with Crippen LogP contribution in [0, 0.1) is 13.8 Å². The molecule has 0 spiro atoms. The Hall–Kier alpha value is -4.00. The van der Waals surface area contributed by atoms with Crippen molar-refractivity contribution in [3.05, 3.63) is 76.3 Å². The third kappa shape index (κ3) is 5.19.